The van der Waals surface area contributed by atoms with E-state index in [1.807, 2.05) is 24.3 Å². The quantitative estimate of drug-likeness (QED) is 0.0111. The smallest absolute Gasteiger partial charge is 0.151 e. The van der Waals surface area contributed by atoms with Crippen molar-refractivity contribution in [2.75, 3.05) is 34.4 Å². The largest absolute Gasteiger partial charge is 0.399 e. The monoisotopic (exact) mass is 1650 g/mol. The maximum absolute atomic E-state index is 8.46. The zero-order valence-electron chi connectivity index (χ0n) is 74.8. The van der Waals surface area contributed by atoms with Crippen LogP contribution in [0.5, 0.6) is 0 Å². The number of hydrogen-bond acceptors (Lipinski definition) is 20. The summed E-state index contributed by atoms with van der Waals surface area (Å²) < 4.78 is 0. The van der Waals surface area contributed by atoms with Gasteiger partial charge in [-0.3, -0.25) is 0 Å². The van der Waals surface area contributed by atoms with E-state index < -0.39 is 50.3 Å². The number of anilines is 6. The van der Waals surface area contributed by atoms with E-state index in [9.17, 15) is 0 Å². The van der Waals surface area contributed by atoms with E-state index in [0.29, 0.717) is 51.4 Å². The van der Waals surface area contributed by atoms with Gasteiger partial charge < -0.3 is 103 Å². The Bertz CT molecular complexity index is 2110. The molecule has 682 valence electrons. The standard InChI is InChI=1S/C32H38N4.8C8H18O2/c33-27-17-21-31(22-18-27)35(29-13-7-5-8-14-29)25-11-3-1-2-4-12-26-36(30-15-9-6-10-16-30)32-23-19-28(34)20-24-32;8*1-2-3-4-5-6-7-8(9)10/h5-10,13-24H,1-4,11-12,25-26,33-34H2;8*8-10H,2-7H2,1H3. The molecule has 4 rings (SSSR count). The summed E-state index contributed by atoms with van der Waals surface area (Å²) in [5.74, 6) is 0. The number of unbranched alkanes of at least 4 members (excludes halogenated alkanes) is 37. The first-order chi connectivity index (χ1) is 55.9. The molecular formula is C96H182N4O16. The summed E-state index contributed by atoms with van der Waals surface area (Å²) in [6.07, 6.45) is 49.2. The number of nitrogens with zero attached hydrogens (tertiary/aromatic N) is 2. The zero-order chi connectivity index (χ0) is 87.6. The maximum Gasteiger partial charge on any atom is 0.151 e. The molecule has 0 amide bonds. The maximum atomic E-state index is 8.46. The van der Waals surface area contributed by atoms with Gasteiger partial charge in [0.05, 0.1) is 0 Å². The van der Waals surface area contributed by atoms with E-state index in [4.69, 9.17) is 93.2 Å². The Balaban J connectivity index is -0.000000432. The number of rotatable bonds is 61. The van der Waals surface area contributed by atoms with E-state index in [-0.39, 0.29) is 0 Å². The fourth-order valence-electron chi connectivity index (χ4n) is 12.0. The lowest BCUT2D eigenvalue weighted by Crippen LogP contribution is -2.18. The summed E-state index contributed by atoms with van der Waals surface area (Å²) in [4.78, 5) is 4.79. The predicted molar refractivity (Wildman–Crippen MR) is 489 cm³/mol. The van der Waals surface area contributed by atoms with E-state index >= 15 is 0 Å². The van der Waals surface area contributed by atoms with E-state index in [2.05, 4.69) is 150 Å². The van der Waals surface area contributed by atoms with Gasteiger partial charge in [0.15, 0.2) is 50.3 Å². The summed E-state index contributed by atoms with van der Waals surface area (Å²) in [6.45, 7) is 19.4. The fraction of sp³-hybridized carbons (Fsp3) is 0.750. The highest BCUT2D eigenvalue weighted by Crippen LogP contribution is 2.29. The minimum atomic E-state index is -1.10. The molecule has 0 aromatic heterocycles. The van der Waals surface area contributed by atoms with E-state index in [1.165, 1.54) is 215 Å². The van der Waals surface area contributed by atoms with Crippen molar-refractivity contribution in [3.05, 3.63) is 109 Å². The third-order valence-electron chi connectivity index (χ3n) is 19.1. The number of nitrogens with two attached hydrogens (primary N) is 2. The number of para-hydroxylation sites is 2. The lowest BCUT2D eigenvalue weighted by molar-refractivity contribution is -0.0472. The minimum Gasteiger partial charge on any atom is -0.399 e. The van der Waals surface area contributed by atoms with Crippen LogP contribution < -0.4 is 21.3 Å². The first-order valence-corrected chi connectivity index (χ1v) is 46.1. The van der Waals surface area contributed by atoms with Crippen LogP contribution in [0.4, 0.5) is 34.1 Å². The van der Waals surface area contributed by atoms with Gasteiger partial charge in [-0.1, -0.05) is 323 Å². The van der Waals surface area contributed by atoms with Crippen LogP contribution in [-0.2, 0) is 0 Å². The van der Waals surface area contributed by atoms with Gasteiger partial charge in [0.2, 0.25) is 0 Å². The molecule has 0 aliphatic carbocycles. The number of hydrogen-bond donors (Lipinski definition) is 18. The molecule has 0 aliphatic rings. The Morgan fingerprint density at radius 3 is 0.474 bits per heavy atom. The lowest BCUT2D eigenvalue weighted by atomic mass is 10.1. The van der Waals surface area contributed by atoms with Crippen LogP contribution in [0.25, 0.3) is 0 Å². The van der Waals surface area contributed by atoms with Crippen molar-refractivity contribution in [2.45, 2.75) is 452 Å². The molecule has 0 heterocycles. The topological polar surface area (TPSA) is 382 Å². The Kier molecular flexibility index (Phi) is 99.2. The Morgan fingerprint density at radius 2 is 0.319 bits per heavy atom. The average molecular weight is 1650 g/mol. The Hall–Kier alpha value is -4.56. The molecule has 0 fully saturated rings. The van der Waals surface area contributed by atoms with Gasteiger partial charge in [-0.2, -0.15) is 0 Å². The normalized spacial score (nSPS) is 10.8. The highest BCUT2D eigenvalue weighted by molar-refractivity contribution is 5.66. The van der Waals surface area contributed by atoms with Crippen LogP contribution in [0.1, 0.15) is 402 Å². The van der Waals surface area contributed by atoms with Gasteiger partial charge >= 0.3 is 0 Å². The summed E-state index contributed by atoms with van der Waals surface area (Å²) in [6, 6.07) is 37.6. The van der Waals surface area contributed by atoms with Crippen LogP contribution in [0.15, 0.2) is 109 Å². The molecule has 0 saturated carbocycles. The molecule has 0 unspecified atom stereocenters. The SMILES string of the molecule is CCCCCCCC(O)O.CCCCCCCC(O)O.CCCCCCCC(O)O.CCCCCCCC(O)O.CCCCCCCC(O)O.CCCCCCCC(O)O.CCCCCCCC(O)O.CCCCCCCC(O)O.Nc1ccc(N(CCCCCCCCN(c2ccccc2)c2ccc(N)cc2)c2ccccc2)cc1. The summed E-state index contributed by atoms with van der Waals surface area (Å²) >= 11 is 0. The number of benzene rings is 4. The molecule has 0 radical (unpaired) electrons. The van der Waals surface area contributed by atoms with Crippen LogP contribution in [0.3, 0.4) is 0 Å². The lowest BCUT2D eigenvalue weighted by Gasteiger charge is -2.25. The molecule has 0 atom stereocenters. The van der Waals surface area contributed by atoms with Crippen molar-refractivity contribution in [1.29, 1.82) is 0 Å². The van der Waals surface area contributed by atoms with Gasteiger partial charge in [-0.25, -0.2) is 0 Å². The van der Waals surface area contributed by atoms with Crippen LogP contribution in [0, 0.1) is 0 Å². The molecule has 4 aromatic rings. The van der Waals surface area contributed by atoms with Crippen LogP contribution >= 0.6 is 0 Å². The van der Waals surface area contributed by atoms with Crippen molar-refractivity contribution >= 4 is 34.1 Å². The van der Waals surface area contributed by atoms with E-state index in [1.54, 1.807) is 0 Å². The van der Waals surface area contributed by atoms with Crippen molar-refractivity contribution in [3.8, 4) is 0 Å². The van der Waals surface area contributed by atoms with Crippen LogP contribution in [0.2, 0.25) is 0 Å². The number of aliphatic hydroxyl groups is 16. The van der Waals surface area contributed by atoms with Gasteiger partial charge in [0.1, 0.15) is 0 Å². The molecule has 0 spiro atoms. The van der Waals surface area contributed by atoms with Gasteiger partial charge in [0.25, 0.3) is 0 Å². The van der Waals surface area contributed by atoms with Crippen molar-refractivity contribution < 1.29 is 81.7 Å². The number of nitrogen functional groups attached to an aromatic ring is 2. The number of aliphatic hydroxyl groups excluding tert-OH is 8. The van der Waals surface area contributed by atoms with Gasteiger partial charge in [-0.05, 0) is 188 Å². The van der Waals surface area contributed by atoms with Crippen molar-refractivity contribution in [2.24, 2.45) is 0 Å². The Labute approximate surface area is 708 Å². The average Bonchev–Trinajstić information content (AvgIpc) is 0.853. The van der Waals surface area contributed by atoms with Gasteiger partial charge in [0, 0.05) is 47.2 Å². The highest BCUT2D eigenvalue weighted by Gasteiger charge is 2.12. The fourth-order valence-corrected chi connectivity index (χ4v) is 12.0. The second-order valence-corrected chi connectivity index (χ2v) is 30.7. The molecule has 116 heavy (non-hydrogen) atoms. The summed E-state index contributed by atoms with van der Waals surface area (Å²) in [7, 11) is 0. The third-order valence-corrected chi connectivity index (χ3v) is 19.1. The molecule has 0 aliphatic heterocycles. The van der Waals surface area contributed by atoms with Crippen LogP contribution in [-0.4, -0.2) is 145 Å². The predicted octanol–water partition coefficient (Wildman–Crippen LogP) is 21.4. The highest BCUT2D eigenvalue weighted by atomic mass is 16.5. The molecule has 0 bridgehead atoms. The molecule has 20 heteroatoms. The minimum absolute atomic E-state index is 0.531. The molecule has 20 nitrogen and oxygen atoms in total. The van der Waals surface area contributed by atoms with Crippen molar-refractivity contribution in [3.63, 3.8) is 0 Å². The van der Waals surface area contributed by atoms with Crippen molar-refractivity contribution in [1.82, 2.24) is 0 Å². The third kappa shape index (κ3) is 98.3. The first kappa shape index (κ1) is 120. The summed E-state index contributed by atoms with van der Waals surface area (Å²) in [5, 5.41) is 135. The molecule has 4 aromatic carbocycles. The first-order valence-electron chi connectivity index (χ1n) is 46.1. The van der Waals surface area contributed by atoms with Gasteiger partial charge in [-0.15, -0.1) is 0 Å². The summed E-state index contributed by atoms with van der Waals surface area (Å²) in [5.41, 5.74) is 18.3. The second kappa shape index (κ2) is 95.9. The zero-order valence-corrected chi connectivity index (χ0v) is 74.8. The molecule has 20 N–H and O–H groups in total. The molecular weight excluding hydrogens is 1470 g/mol. The second-order valence-electron chi connectivity index (χ2n) is 30.7. The van der Waals surface area contributed by atoms with E-state index in [0.717, 1.165) is 127 Å². The Morgan fingerprint density at radius 1 is 0.181 bits per heavy atom. The molecule has 0 saturated heterocycles.